The second kappa shape index (κ2) is 7.13. The quantitative estimate of drug-likeness (QED) is 0.403. The molecule has 2 aromatic carbocycles. The number of amides is 1. The molecule has 0 saturated carbocycles. The number of carbonyl (C=O) groups is 2. The number of anilines is 1. The Morgan fingerprint density at radius 1 is 1.11 bits per heavy atom. The predicted molar refractivity (Wildman–Crippen MR) is 109 cm³/mol. The molecule has 27 heavy (non-hydrogen) atoms. The predicted octanol–water partition coefficient (Wildman–Crippen LogP) is 4.27. The molecular weight excluding hydrogens is 380 g/mol. The Balaban J connectivity index is 1.51. The third kappa shape index (κ3) is 3.45. The number of aromatic nitrogens is 3. The van der Waals surface area contributed by atoms with Crippen LogP contribution in [0.2, 0.25) is 0 Å². The van der Waals surface area contributed by atoms with E-state index in [-0.39, 0.29) is 16.9 Å². The largest absolute Gasteiger partial charge is 0.325 e. The molecule has 2 heterocycles. The van der Waals surface area contributed by atoms with Crippen molar-refractivity contribution < 1.29 is 9.59 Å². The fourth-order valence-corrected chi connectivity index (χ4v) is 4.56. The first-order chi connectivity index (χ1) is 13.0. The van der Waals surface area contributed by atoms with Crippen molar-refractivity contribution in [2.75, 3.05) is 5.32 Å². The molecule has 8 heteroatoms. The van der Waals surface area contributed by atoms with Gasteiger partial charge in [-0.25, -0.2) is 0 Å². The highest BCUT2D eigenvalue weighted by Crippen LogP contribution is 2.31. The maximum Gasteiger partial charge on any atom is 0.237 e. The Kier molecular flexibility index (Phi) is 4.67. The molecule has 4 aromatic rings. The van der Waals surface area contributed by atoms with Crippen LogP contribution in [0.5, 0.6) is 0 Å². The number of para-hydroxylation sites is 1. The van der Waals surface area contributed by atoms with E-state index in [0.717, 1.165) is 15.2 Å². The third-order valence-corrected chi connectivity index (χ3v) is 6.18. The lowest BCUT2D eigenvalue weighted by Gasteiger charge is -2.11. The van der Waals surface area contributed by atoms with Gasteiger partial charge in [0.2, 0.25) is 10.9 Å². The van der Waals surface area contributed by atoms with Gasteiger partial charge >= 0.3 is 0 Å². The number of benzene rings is 2. The molecule has 4 rings (SSSR count). The van der Waals surface area contributed by atoms with E-state index in [9.17, 15) is 9.59 Å². The van der Waals surface area contributed by atoms with Gasteiger partial charge in [0.05, 0.1) is 15.5 Å². The van der Waals surface area contributed by atoms with Crippen LogP contribution >= 0.6 is 23.1 Å². The van der Waals surface area contributed by atoms with Gasteiger partial charge in [-0.3, -0.25) is 14.0 Å². The van der Waals surface area contributed by atoms with Gasteiger partial charge in [-0.2, -0.15) is 0 Å². The van der Waals surface area contributed by atoms with Crippen molar-refractivity contribution >= 4 is 55.7 Å². The number of hydrogen-bond acceptors (Lipinski definition) is 6. The Labute approximate surface area is 163 Å². The highest BCUT2D eigenvalue weighted by Gasteiger charge is 2.20. The van der Waals surface area contributed by atoms with E-state index in [2.05, 4.69) is 15.5 Å². The van der Waals surface area contributed by atoms with E-state index in [4.69, 9.17) is 0 Å². The molecule has 0 fully saturated rings. The fourth-order valence-electron chi connectivity index (χ4n) is 2.68. The normalized spacial score (nSPS) is 12.4. The van der Waals surface area contributed by atoms with Gasteiger partial charge < -0.3 is 5.32 Å². The summed E-state index contributed by atoms with van der Waals surface area (Å²) in [5, 5.41) is 11.7. The molecule has 0 aliphatic rings. The Morgan fingerprint density at radius 3 is 2.59 bits per heavy atom. The van der Waals surface area contributed by atoms with Gasteiger partial charge in [-0.05, 0) is 50.2 Å². The second-order valence-electron chi connectivity index (χ2n) is 6.05. The number of carbonyl (C=O) groups excluding carboxylic acids is 2. The number of hydrogen-bond donors (Lipinski definition) is 1. The van der Waals surface area contributed by atoms with Crippen LogP contribution in [0, 0.1) is 0 Å². The maximum absolute atomic E-state index is 12.5. The van der Waals surface area contributed by atoms with E-state index in [1.807, 2.05) is 35.6 Å². The summed E-state index contributed by atoms with van der Waals surface area (Å²) in [6, 6.07) is 14.9. The van der Waals surface area contributed by atoms with Crippen LogP contribution in [0.25, 0.3) is 15.2 Å². The van der Waals surface area contributed by atoms with Crippen molar-refractivity contribution in [3.05, 3.63) is 54.1 Å². The van der Waals surface area contributed by atoms with Crippen LogP contribution in [0.3, 0.4) is 0 Å². The zero-order valence-corrected chi connectivity index (χ0v) is 16.3. The zero-order valence-electron chi connectivity index (χ0n) is 14.7. The Morgan fingerprint density at radius 2 is 1.85 bits per heavy atom. The molecular formula is C19H16N4O2S2. The highest BCUT2D eigenvalue weighted by atomic mass is 32.2. The second-order valence-corrected chi connectivity index (χ2v) is 8.37. The molecule has 1 N–H and O–H groups in total. The Hall–Kier alpha value is -2.71. The van der Waals surface area contributed by atoms with Crippen molar-refractivity contribution in [1.82, 2.24) is 14.6 Å². The van der Waals surface area contributed by atoms with Crippen LogP contribution in [0.15, 0.2) is 53.7 Å². The maximum atomic E-state index is 12.5. The SMILES string of the molecule is CC(=O)c1ccc(NC(=O)C(C)Sc2nnc3sc4ccccc4n23)cc1. The third-order valence-electron chi connectivity index (χ3n) is 4.12. The molecule has 1 unspecified atom stereocenters. The van der Waals surface area contributed by atoms with Gasteiger partial charge in [-0.1, -0.05) is 35.2 Å². The molecule has 0 saturated heterocycles. The molecule has 0 bridgehead atoms. The lowest BCUT2D eigenvalue weighted by molar-refractivity contribution is -0.115. The number of thioether (sulfide) groups is 1. The lowest BCUT2D eigenvalue weighted by Crippen LogP contribution is -2.22. The minimum atomic E-state index is -0.358. The summed E-state index contributed by atoms with van der Waals surface area (Å²) in [4.78, 5) is 24.7. The summed E-state index contributed by atoms with van der Waals surface area (Å²) in [6.07, 6.45) is 0. The monoisotopic (exact) mass is 396 g/mol. The number of Topliss-reactive ketones (excluding diaryl/α,β-unsaturated/α-hetero) is 1. The number of fused-ring (bicyclic) bond motifs is 3. The minimum absolute atomic E-state index is 0.00406. The van der Waals surface area contributed by atoms with Gasteiger partial charge in [0.1, 0.15) is 0 Å². The number of rotatable bonds is 5. The van der Waals surface area contributed by atoms with Crippen LogP contribution in [-0.2, 0) is 4.79 Å². The number of ketones is 1. The molecule has 1 atom stereocenters. The molecule has 1 amide bonds. The average molecular weight is 396 g/mol. The van der Waals surface area contributed by atoms with Gasteiger partial charge in [-0.15, -0.1) is 10.2 Å². The zero-order chi connectivity index (χ0) is 19.0. The summed E-state index contributed by atoms with van der Waals surface area (Å²) in [5.74, 6) is -0.137. The molecule has 2 aromatic heterocycles. The van der Waals surface area contributed by atoms with Crippen LogP contribution in [-0.4, -0.2) is 31.5 Å². The van der Waals surface area contributed by atoms with Gasteiger partial charge in [0.15, 0.2) is 10.9 Å². The van der Waals surface area contributed by atoms with Crippen molar-refractivity contribution in [2.45, 2.75) is 24.3 Å². The molecule has 0 radical (unpaired) electrons. The van der Waals surface area contributed by atoms with Gasteiger partial charge in [0, 0.05) is 11.3 Å². The first-order valence-electron chi connectivity index (χ1n) is 8.34. The lowest BCUT2D eigenvalue weighted by atomic mass is 10.1. The molecule has 0 aliphatic heterocycles. The van der Waals surface area contributed by atoms with E-state index < -0.39 is 0 Å². The number of nitrogens with one attached hydrogen (secondary N) is 1. The smallest absolute Gasteiger partial charge is 0.237 e. The summed E-state index contributed by atoms with van der Waals surface area (Å²) >= 11 is 2.94. The summed E-state index contributed by atoms with van der Waals surface area (Å²) in [5.41, 5.74) is 2.31. The molecule has 136 valence electrons. The average Bonchev–Trinajstić information content (AvgIpc) is 3.22. The van der Waals surface area contributed by atoms with Gasteiger partial charge in [0.25, 0.3) is 0 Å². The number of thiazole rings is 1. The standard InChI is InChI=1S/C19H16N4O2S2/c1-11(24)13-7-9-14(10-8-13)20-17(25)12(2)26-18-21-22-19-23(18)15-5-3-4-6-16(15)27-19/h3-10,12H,1-2H3,(H,20,25). The molecule has 6 nitrogen and oxygen atoms in total. The van der Waals surface area contributed by atoms with Crippen molar-refractivity contribution in [3.8, 4) is 0 Å². The van der Waals surface area contributed by atoms with Crippen molar-refractivity contribution in [3.63, 3.8) is 0 Å². The molecule has 0 spiro atoms. The van der Waals surface area contributed by atoms with Crippen LogP contribution in [0.1, 0.15) is 24.2 Å². The summed E-state index contributed by atoms with van der Waals surface area (Å²) in [6.45, 7) is 3.35. The van der Waals surface area contributed by atoms with Crippen molar-refractivity contribution in [2.24, 2.45) is 0 Å². The fraction of sp³-hybridized carbons (Fsp3) is 0.158. The summed E-state index contributed by atoms with van der Waals surface area (Å²) < 4.78 is 3.11. The van der Waals surface area contributed by atoms with Crippen molar-refractivity contribution in [1.29, 1.82) is 0 Å². The molecule has 0 aliphatic carbocycles. The summed E-state index contributed by atoms with van der Waals surface area (Å²) in [7, 11) is 0. The minimum Gasteiger partial charge on any atom is -0.325 e. The highest BCUT2D eigenvalue weighted by molar-refractivity contribution is 8.00. The first-order valence-corrected chi connectivity index (χ1v) is 10.0. The van der Waals surface area contributed by atoms with Crippen LogP contribution in [0.4, 0.5) is 5.69 Å². The van der Waals surface area contributed by atoms with Crippen LogP contribution < -0.4 is 5.32 Å². The van der Waals surface area contributed by atoms with E-state index in [1.165, 1.54) is 18.7 Å². The topological polar surface area (TPSA) is 76.4 Å². The number of nitrogens with zero attached hydrogens (tertiary/aromatic N) is 3. The van der Waals surface area contributed by atoms with E-state index in [0.29, 0.717) is 16.4 Å². The Bertz CT molecular complexity index is 1150. The van der Waals surface area contributed by atoms with E-state index >= 15 is 0 Å². The van der Waals surface area contributed by atoms with E-state index in [1.54, 1.807) is 35.6 Å². The first kappa shape index (κ1) is 17.7.